The molecule has 6 N–H and O–H groups in total. The highest BCUT2D eigenvalue weighted by molar-refractivity contribution is 5.94. The average Bonchev–Trinajstić information content (AvgIpc) is 2.61. The predicted octanol–water partition coefficient (Wildman–Crippen LogP) is 1.99. The van der Waals surface area contributed by atoms with Gasteiger partial charge in [-0.15, -0.1) is 0 Å². The van der Waals surface area contributed by atoms with Gasteiger partial charge in [-0.3, -0.25) is 14.8 Å². The number of nitrogens with two attached hydrogens (primary N) is 1. The molecule has 0 fully saturated rings. The van der Waals surface area contributed by atoms with E-state index >= 15 is 0 Å². The van der Waals surface area contributed by atoms with Gasteiger partial charge in [0.1, 0.15) is 6.29 Å². The average molecular weight is 397 g/mol. The topological polar surface area (TPSA) is 134 Å². The van der Waals surface area contributed by atoms with E-state index in [2.05, 4.69) is 31.4 Å². The number of carbonyl (C=O) groups excluding carboxylic acids is 3. The fourth-order valence-electron chi connectivity index (χ4n) is 2.45. The number of nitrogens with one attached hydrogen (secondary N) is 3. The molecule has 2 amide bonds. The molecule has 1 aromatic carbocycles. The highest BCUT2D eigenvalue weighted by Gasteiger charge is 2.24. The summed E-state index contributed by atoms with van der Waals surface area (Å²) in [5.41, 5.74) is 8.15. The summed E-state index contributed by atoms with van der Waals surface area (Å²) in [7, 11) is 1.84. The van der Waals surface area contributed by atoms with Crippen LogP contribution in [0.5, 0.6) is 0 Å². The van der Waals surface area contributed by atoms with Gasteiger partial charge in [-0.05, 0) is 43.1 Å². The molecule has 0 aliphatic rings. The molecule has 0 aliphatic heterocycles. The van der Waals surface area contributed by atoms with Crippen LogP contribution >= 0.6 is 0 Å². The summed E-state index contributed by atoms with van der Waals surface area (Å²) in [6.07, 6.45) is 2.17. The smallest absolute Gasteiger partial charge is 0.251 e. The van der Waals surface area contributed by atoms with Crippen molar-refractivity contribution in [3.8, 4) is 0 Å². The summed E-state index contributed by atoms with van der Waals surface area (Å²) in [4.78, 5) is 30.8. The normalized spacial score (nSPS) is 10.4. The van der Waals surface area contributed by atoms with Crippen molar-refractivity contribution < 1.29 is 19.6 Å². The minimum absolute atomic E-state index is 0.0692. The molecule has 0 bridgehead atoms. The largest absolute Gasteiger partial charge is 0.399 e. The Hall–Kier alpha value is -2.45. The van der Waals surface area contributed by atoms with Crippen LogP contribution in [0.15, 0.2) is 24.3 Å². The summed E-state index contributed by atoms with van der Waals surface area (Å²) in [5.74, 6) is -0.0692. The van der Waals surface area contributed by atoms with Crippen molar-refractivity contribution >= 4 is 24.3 Å². The van der Waals surface area contributed by atoms with Crippen LogP contribution in [0.4, 0.5) is 5.69 Å². The van der Waals surface area contributed by atoms with Crippen LogP contribution < -0.4 is 21.8 Å². The second-order valence-corrected chi connectivity index (χ2v) is 8.07. The number of hydroxylamine groups is 1. The summed E-state index contributed by atoms with van der Waals surface area (Å²) in [5, 5.41) is 13.0. The van der Waals surface area contributed by atoms with Crippen LogP contribution in [0.25, 0.3) is 0 Å². The molecule has 28 heavy (non-hydrogen) atoms. The molecule has 0 saturated heterocycles. The molecule has 0 saturated carbocycles. The monoisotopic (exact) mass is 396 g/mol. The highest BCUT2D eigenvalue weighted by atomic mass is 16.5. The van der Waals surface area contributed by atoms with Crippen LogP contribution in [0.2, 0.25) is 0 Å². The summed E-state index contributed by atoms with van der Waals surface area (Å²) in [6.45, 7) is 11.8. The number of carbonyl (C=O) groups is 3. The Labute approximate surface area is 168 Å². The van der Waals surface area contributed by atoms with E-state index in [4.69, 9.17) is 15.7 Å². The first-order valence-corrected chi connectivity index (χ1v) is 9.00. The minimum Gasteiger partial charge on any atom is -0.399 e. The van der Waals surface area contributed by atoms with Gasteiger partial charge in [0.2, 0.25) is 6.41 Å². The first kappa shape index (κ1) is 27.8. The lowest BCUT2D eigenvalue weighted by Crippen LogP contribution is -2.30. The number of rotatable bonds is 7. The summed E-state index contributed by atoms with van der Waals surface area (Å²) >= 11 is 0. The molecule has 1 rings (SSSR count). The number of likely N-dealkylation sites (N-methyl/N-ethyl adjacent to an activating group) is 1. The fourth-order valence-corrected chi connectivity index (χ4v) is 2.45. The van der Waals surface area contributed by atoms with Gasteiger partial charge in [-0.25, -0.2) is 5.48 Å². The molecule has 8 heteroatoms. The standard InChI is InChI=1S/C10H15N3O.C9H18O.CH3NO2/c1-12-6-7-13-10(14)8-2-4-9(11)5-3-8;1-8(2,3)6-9(4,5)7-10;3-1-2-4/h2-5,12H,6-7,11H2,1H3,(H,13,14);7H,6H2,1-5H3;1,4H,(H,2,3). The van der Waals surface area contributed by atoms with Gasteiger partial charge >= 0.3 is 0 Å². The maximum Gasteiger partial charge on any atom is 0.251 e. The molecule has 0 radical (unpaired) electrons. The lowest BCUT2D eigenvalue weighted by atomic mass is 9.77. The number of benzene rings is 1. The second-order valence-electron chi connectivity index (χ2n) is 8.07. The van der Waals surface area contributed by atoms with Gasteiger partial charge in [-0.1, -0.05) is 34.6 Å². The Morgan fingerprint density at radius 1 is 1.07 bits per heavy atom. The third-order valence-corrected chi connectivity index (χ3v) is 3.19. The first-order valence-electron chi connectivity index (χ1n) is 9.00. The lowest BCUT2D eigenvalue weighted by molar-refractivity contribution is -0.116. The minimum atomic E-state index is -0.155. The number of anilines is 1. The van der Waals surface area contributed by atoms with E-state index in [9.17, 15) is 9.59 Å². The van der Waals surface area contributed by atoms with Crippen molar-refractivity contribution in [1.82, 2.24) is 16.1 Å². The first-order chi connectivity index (χ1) is 12.9. The van der Waals surface area contributed by atoms with Gasteiger partial charge in [-0.2, -0.15) is 0 Å². The van der Waals surface area contributed by atoms with E-state index in [-0.39, 0.29) is 23.1 Å². The van der Waals surface area contributed by atoms with E-state index in [0.717, 1.165) is 19.3 Å². The number of hydrogen-bond donors (Lipinski definition) is 5. The maximum atomic E-state index is 11.5. The van der Waals surface area contributed by atoms with Crippen molar-refractivity contribution in [2.45, 2.75) is 41.0 Å². The maximum absolute atomic E-state index is 11.5. The molecule has 160 valence electrons. The quantitative estimate of drug-likeness (QED) is 0.157. The van der Waals surface area contributed by atoms with E-state index in [0.29, 0.717) is 17.8 Å². The number of nitrogen functional groups attached to an aromatic ring is 1. The molecular formula is C20H36N4O4. The van der Waals surface area contributed by atoms with Crippen molar-refractivity contribution in [2.24, 2.45) is 10.8 Å². The summed E-state index contributed by atoms with van der Waals surface area (Å²) in [6, 6.07) is 6.86. The molecule has 0 unspecified atom stereocenters. The van der Waals surface area contributed by atoms with Gasteiger partial charge in [0.05, 0.1) is 0 Å². The third-order valence-electron chi connectivity index (χ3n) is 3.19. The zero-order valence-corrected chi connectivity index (χ0v) is 17.8. The van der Waals surface area contributed by atoms with Crippen LogP contribution in [0, 0.1) is 10.8 Å². The molecule has 1 aromatic rings. The molecule has 0 heterocycles. The molecule has 8 nitrogen and oxygen atoms in total. The van der Waals surface area contributed by atoms with Crippen LogP contribution in [0.3, 0.4) is 0 Å². The van der Waals surface area contributed by atoms with E-state index in [1.54, 1.807) is 24.3 Å². The Kier molecular flexibility index (Phi) is 14.5. The van der Waals surface area contributed by atoms with Crippen molar-refractivity contribution in [3.63, 3.8) is 0 Å². The zero-order chi connectivity index (χ0) is 22.2. The SMILES string of the molecule is CC(C)(C)CC(C)(C)C=O.CNCCNC(=O)c1ccc(N)cc1.O=CNO. The lowest BCUT2D eigenvalue weighted by Gasteiger charge is -2.27. The van der Waals surface area contributed by atoms with E-state index < -0.39 is 0 Å². The number of amides is 2. The number of aldehydes is 1. The van der Waals surface area contributed by atoms with Gasteiger partial charge in [0.25, 0.3) is 5.91 Å². The molecule has 0 spiro atoms. The Morgan fingerprint density at radius 2 is 1.57 bits per heavy atom. The molecular weight excluding hydrogens is 360 g/mol. The molecule has 0 aliphatic carbocycles. The van der Waals surface area contributed by atoms with E-state index in [1.165, 1.54) is 5.48 Å². The Morgan fingerprint density at radius 3 is 1.89 bits per heavy atom. The second kappa shape index (κ2) is 14.6. The van der Waals surface area contributed by atoms with Crippen molar-refractivity contribution in [3.05, 3.63) is 29.8 Å². The van der Waals surface area contributed by atoms with Crippen molar-refractivity contribution in [2.75, 3.05) is 25.9 Å². The van der Waals surface area contributed by atoms with Gasteiger partial charge in [0, 0.05) is 29.8 Å². The van der Waals surface area contributed by atoms with E-state index in [1.807, 2.05) is 20.9 Å². The molecule has 0 atom stereocenters. The Bertz CT molecular complexity index is 567. The zero-order valence-electron chi connectivity index (χ0n) is 17.8. The van der Waals surface area contributed by atoms with Gasteiger partial charge < -0.3 is 21.2 Å². The van der Waals surface area contributed by atoms with Crippen molar-refractivity contribution in [1.29, 1.82) is 0 Å². The molecule has 0 aromatic heterocycles. The Balaban J connectivity index is 0. The fraction of sp³-hybridized carbons (Fsp3) is 0.550. The predicted molar refractivity (Wildman–Crippen MR) is 112 cm³/mol. The highest BCUT2D eigenvalue weighted by Crippen LogP contribution is 2.30. The summed E-state index contributed by atoms with van der Waals surface area (Å²) < 4.78 is 0. The van der Waals surface area contributed by atoms with Crippen LogP contribution in [-0.2, 0) is 9.59 Å². The third kappa shape index (κ3) is 17.0. The van der Waals surface area contributed by atoms with Crippen LogP contribution in [0.1, 0.15) is 51.4 Å². The van der Waals surface area contributed by atoms with Crippen LogP contribution in [-0.4, -0.2) is 43.9 Å². The van der Waals surface area contributed by atoms with Gasteiger partial charge in [0.15, 0.2) is 0 Å². The number of hydrogen-bond acceptors (Lipinski definition) is 6.